The Kier molecular flexibility index (Phi) is 5.40. The SMILES string of the molecule is C=CCCCN(CCC)c1cc(N)ccc1N. The van der Waals surface area contributed by atoms with Crippen LogP contribution in [0.1, 0.15) is 26.2 Å². The van der Waals surface area contributed by atoms with Crippen molar-refractivity contribution in [3.8, 4) is 0 Å². The first-order valence-corrected chi connectivity index (χ1v) is 6.20. The van der Waals surface area contributed by atoms with E-state index in [4.69, 9.17) is 11.5 Å². The van der Waals surface area contributed by atoms with Crippen molar-refractivity contribution in [2.45, 2.75) is 26.2 Å². The number of hydrogen-bond acceptors (Lipinski definition) is 3. The minimum Gasteiger partial charge on any atom is -0.399 e. The van der Waals surface area contributed by atoms with Crippen LogP contribution in [-0.4, -0.2) is 13.1 Å². The summed E-state index contributed by atoms with van der Waals surface area (Å²) in [4.78, 5) is 2.30. The molecule has 0 amide bonds. The second-order valence-corrected chi connectivity index (χ2v) is 4.24. The summed E-state index contributed by atoms with van der Waals surface area (Å²) in [5, 5.41) is 0. The number of nitrogen functional groups attached to an aromatic ring is 2. The van der Waals surface area contributed by atoms with Crippen LogP contribution >= 0.6 is 0 Å². The van der Waals surface area contributed by atoms with Crippen molar-refractivity contribution in [3.05, 3.63) is 30.9 Å². The molecule has 0 fully saturated rings. The van der Waals surface area contributed by atoms with E-state index >= 15 is 0 Å². The lowest BCUT2D eigenvalue weighted by Crippen LogP contribution is -2.26. The summed E-state index contributed by atoms with van der Waals surface area (Å²) in [7, 11) is 0. The number of anilines is 3. The molecule has 0 atom stereocenters. The van der Waals surface area contributed by atoms with E-state index in [1.807, 2.05) is 24.3 Å². The lowest BCUT2D eigenvalue weighted by Gasteiger charge is -2.26. The topological polar surface area (TPSA) is 55.3 Å². The highest BCUT2D eigenvalue weighted by Crippen LogP contribution is 2.26. The van der Waals surface area contributed by atoms with Gasteiger partial charge in [-0.3, -0.25) is 0 Å². The van der Waals surface area contributed by atoms with Crippen molar-refractivity contribution in [2.75, 3.05) is 29.5 Å². The fourth-order valence-electron chi connectivity index (χ4n) is 1.88. The van der Waals surface area contributed by atoms with Crippen LogP contribution in [0.2, 0.25) is 0 Å². The van der Waals surface area contributed by atoms with Crippen LogP contribution in [0.5, 0.6) is 0 Å². The first kappa shape index (κ1) is 13.4. The zero-order valence-electron chi connectivity index (χ0n) is 10.7. The molecule has 0 unspecified atom stereocenters. The summed E-state index contributed by atoms with van der Waals surface area (Å²) in [6.45, 7) is 7.91. The molecule has 0 aliphatic heterocycles. The zero-order valence-corrected chi connectivity index (χ0v) is 10.7. The third-order valence-corrected chi connectivity index (χ3v) is 2.72. The van der Waals surface area contributed by atoms with Crippen molar-refractivity contribution in [1.82, 2.24) is 0 Å². The first-order valence-electron chi connectivity index (χ1n) is 6.20. The normalized spacial score (nSPS) is 10.2. The molecule has 4 N–H and O–H groups in total. The summed E-state index contributed by atoms with van der Waals surface area (Å²) in [6.07, 6.45) is 5.18. The van der Waals surface area contributed by atoms with E-state index in [2.05, 4.69) is 18.4 Å². The number of unbranched alkanes of at least 4 members (excludes halogenated alkanes) is 1. The molecule has 0 aromatic heterocycles. The van der Waals surface area contributed by atoms with E-state index in [9.17, 15) is 0 Å². The second kappa shape index (κ2) is 6.84. The maximum absolute atomic E-state index is 6.01. The summed E-state index contributed by atoms with van der Waals surface area (Å²) < 4.78 is 0. The van der Waals surface area contributed by atoms with Crippen molar-refractivity contribution in [3.63, 3.8) is 0 Å². The number of rotatable bonds is 7. The molecule has 3 heteroatoms. The Labute approximate surface area is 104 Å². The third-order valence-electron chi connectivity index (χ3n) is 2.72. The molecular weight excluding hydrogens is 210 g/mol. The van der Waals surface area contributed by atoms with E-state index in [1.165, 1.54) is 0 Å². The highest BCUT2D eigenvalue weighted by atomic mass is 15.1. The van der Waals surface area contributed by atoms with Gasteiger partial charge in [0.1, 0.15) is 0 Å². The molecule has 1 aromatic carbocycles. The van der Waals surface area contributed by atoms with E-state index < -0.39 is 0 Å². The third kappa shape index (κ3) is 4.02. The second-order valence-electron chi connectivity index (χ2n) is 4.24. The Balaban J connectivity index is 2.80. The number of hydrogen-bond donors (Lipinski definition) is 2. The van der Waals surface area contributed by atoms with Gasteiger partial charge >= 0.3 is 0 Å². The van der Waals surface area contributed by atoms with E-state index in [0.717, 1.165) is 49.4 Å². The maximum atomic E-state index is 6.01. The molecule has 0 bridgehead atoms. The van der Waals surface area contributed by atoms with Gasteiger partial charge in [0.25, 0.3) is 0 Å². The summed E-state index contributed by atoms with van der Waals surface area (Å²) in [5.41, 5.74) is 14.4. The molecule has 1 rings (SSSR count). The molecule has 0 saturated heterocycles. The van der Waals surface area contributed by atoms with Crippen molar-refractivity contribution in [1.29, 1.82) is 0 Å². The predicted molar refractivity (Wildman–Crippen MR) is 77.2 cm³/mol. The highest BCUT2D eigenvalue weighted by Gasteiger charge is 2.08. The van der Waals surface area contributed by atoms with Gasteiger partial charge in [0.2, 0.25) is 0 Å². The van der Waals surface area contributed by atoms with Gasteiger partial charge in [0.15, 0.2) is 0 Å². The maximum Gasteiger partial charge on any atom is 0.0620 e. The molecule has 0 saturated carbocycles. The Bertz CT molecular complexity index is 360. The van der Waals surface area contributed by atoms with Gasteiger partial charge in [-0.05, 0) is 37.5 Å². The van der Waals surface area contributed by atoms with Crippen LogP contribution < -0.4 is 16.4 Å². The van der Waals surface area contributed by atoms with E-state index in [1.54, 1.807) is 0 Å². The van der Waals surface area contributed by atoms with Crippen LogP contribution in [0.15, 0.2) is 30.9 Å². The van der Waals surface area contributed by atoms with Crippen molar-refractivity contribution >= 4 is 17.1 Å². The molecule has 94 valence electrons. The van der Waals surface area contributed by atoms with Gasteiger partial charge in [-0.15, -0.1) is 6.58 Å². The summed E-state index contributed by atoms with van der Waals surface area (Å²) >= 11 is 0. The van der Waals surface area contributed by atoms with Gasteiger partial charge in [-0.2, -0.15) is 0 Å². The predicted octanol–water partition coefficient (Wildman–Crippen LogP) is 3.03. The number of nitrogens with two attached hydrogens (primary N) is 2. The van der Waals surface area contributed by atoms with E-state index in [-0.39, 0.29) is 0 Å². The van der Waals surface area contributed by atoms with E-state index in [0.29, 0.717) is 0 Å². The molecule has 0 spiro atoms. The van der Waals surface area contributed by atoms with Crippen molar-refractivity contribution < 1.29 is 0 Å². The smallest absolute Gasteiger partial charge is 0.0620 e. The molecule has 0 aliphatic carbocycles. The summed E-state index contributed by atoms with van der Waals surface area (Å²) in [6, 6.07) is 5.67. The van der Waals surface area contributed by atoms with Gasteiger partial charge in [0.05, 0.1) is 11.4 Å². The van der Waals surface area contributed by atoms with Crippen LogP contribution in [0.25, 0.3) is 0 Å². The average molecular weight is 233 g/mol. The standard InChI is InChI=1S/C14H23N3/c1-3-5-6-10-17(9-4-2)14-11-12(15)7-8-13(14)16/h3,7-8,11H,1,4-6,9-10,15-16H2,2H3. The minimum atomic E-state index is 0.763. The average Bonchev–Trinajstić information content (AvgIpc) is 2.32. The first-order chi connectivity index (χ1) is 8.19. The molecule has 3 nitrogen and oxygen atoms in total. The van der Waals surface area contributed by atoms with Crippen LogP contribution in [0, 0.1) is 0 Å². The quantitative estimate of drug-likeness (QED) is 0.432. The lowest BCUT2D eigenvalue weighted by molar-refractivity contribution is 0.723. The number of benzene rings is 1. The monoisotopic (exact) mass is 233 g/mol. The molecule has 1 aromatic rings. The van der Waals surface area contributed by atoms with Gasteiger partial charge in [-0.1, -0.05) is 13.0 Å². The minimum absolute atomic E-state index is 0.763. The van der Waals surface area contributed by atoms with Gasteiger partial charge < -0.3 is 16.4 Å². The largest absolute Gasteiger partial charge is 0.399 e. The van der Waals surface area contributed by atoms with Crippen LogP contribution in [-0.2, 0) is 0 Å². The van der Waals surface area contributed by atoms with Gasteiger partial charge in [-0.25, -0.2) is 0 Å². The lowest BCUT2D eigenvalue weighted by atomic mass is 10.2. The Morgan fingerprint density at radius 1 is 1.29 bits per heavy atom. The van der Waals surface area contributed by atoms with Crippen LogP contribution in [0.4, 0.5) is 17.1 Å². The number of allylic oxidation sites excluding steroid dienone is 1. The summed E-state index contributed by atoms with van der Waals surface area (Å²) in [5.74, 6) is 0. The molecule has 0 heterocycles. The fraction of sp³-hybridized carbons (Fsp3) is 0.429. The van der Waals surface area contributed by atoms with Crippen molar-refractivity contribution in [2.24, 2.45) is 0 Å². The Hall–Kier alpha value is -1.64. The molecule has 0 radical (unpaired) electrons. The number of nitrogens with zero attached hydrogens (tertiary/aromatic N) is 1. The fourth-order valence-corrected chi connectivity index (χ4v) is 1.88. The van der Waals surface area contributed by atoms with Crippen LogP contribution in [0.3, 0.4) is 0 Å². The Morgan fingerprint density at radius 3 is 2.71 bits per heavy atom. The zero-order chi connectivity index (χ0) is 12.7. The Morgan fingerprint density at radius 2 is 2.06 bits per heavy atom. The highest BCUT2D eigenvalue weighted by molar-refractivity contribution is 5.72. The molecule has 0 aliphatic rings. The van der Waals surface area contributed by atoms with Gasteiger partial charge in [0, 0.05) is 18.8 Å². The molecule has 17 heavy (non-hydrogen) atoms. The molecular formula is C14H23N3.